The predicted molar refractivity (Wildman–Crippen MR) is 101 cm³/mol. The minimum absolute atomic E-state index is 0.0662. The number of guanidine groups is 1. The van der Waals surface area contributed by atoms with Crippen molar-refractivity contribution in [3.63, 3.8) is 0 Å². The van der Waals surface area contributed by atoms with Crippen molar-refractivity contribution in [2.75, 3.05) is 13.6 Å². The molecule has 0 amide bonds. The zero-order valence-electron chi connectivity index (χ0n) is 15.9. The molecule has 1 aliphatic carbocycles. The van der Waals surface area contributed by atoms with E-state index in [9.17, 15) is 4.39 Å². The predicted octanol–water partition coefficient (Wildman–Crippen LogP) is 3.51. The molecule has 1 aromatic carbocycles. The monoisotopic (exact) mass is 358 g/mol. The molecule has 140 valence electrons. The Morgan fingerprint density at radius 3 is 2.58 bits per heavy atom. The van der Waals surface area contributed by atoms with Gasteiger partial charge in [-0.3, -0.25) is 4.99 Å². The summed E-state index contributed by atoms with van der Waals surface area (Å²) >= 11 is 0. The van der Waals surface area contributed by atoms with Crippen molar-refractivity contribution in [2.45, 2.75) is 51.0 Å². The number of nitrogens with zero attached hydrogens (tertiary/aromatic N) is 2. The number of rotatable bonds is 5. The van der Waals surface area contributed by atoms with Gasteiger partial charge in [0.15, 0.2) is 5.96 Å². The van der Waals surface area contributed by atoms with Crippen molar-refractivity contribution in [3.05, 3.63) is 53.5 Å². The molecule has 0 bridgehead atoms. The highest BCUT2D eigenvalue weighted by Gasteiger charge is 2.45. The second kappa shape index (κ2) is 7.09. The van der Waals surface area contributed by atoms with Crippen LogP contribution in [0.15, 0.2) is 39.9 Å². The summed E-state index contributed by atoms with van der Waals surface area (Å²) in [6.07, 6.45) is 3.73. The fourth-order valence-corrected chi connectivity index (χ4v) is 2.96. The molecule has 6 heteroatoms. The first kappa shape index (κ1) is 18.4. The Labute approximate surface area is 154 Å². The van der Waals surface area contributed by atoms with Crippen LogP contribution in [0, 0.1) is 5.82 Å². The topological polar surface area (TPSA) is 62.5 Å². The number of benzene rings is 1. The van der Waals surface area contributed by atoms with Crippen LogP contribution in [-0.4, -0.2) is 24.5 Å². The fourth-order valence-electron chi connectivity index (χ4n) is 2.96. The minimum Gasteiger partial charge on any atom is -0.443 e. The van der Waals surface area contributed by atoms with Gasteiger partial charge in [-0.2, -0.15) is 0 Å². The van der Waals surface area contributed by atoms with E-state index in [0.717, 1.165) is 24.2 Å². The Morgan fingerprint density at radius 1 is 1.27 bits per heavy atom. The third kappa shape index (κ3) is 4.06. The molecule has 0 saturated heterocycles. The van der Waals surface area contributed by atoms with Crippen LogP contribution < -0.4 is 10.6 Å². The van der Waals surface area contributed by atoms with Crippen LogP contribution in [-0.2, 0) is 17.4 Å². The van der Waals surface area contributed by atoms with Crippen molar-refractivity contribution in [1.29, 1.82) is 0 Å². The van der Waals surface area contributed by atoms with Crippen LogP contribution in [0.5, 0.6) is 0 Å². The zero-order valence-corrected chi connectivity index (χ0v) is 15.9. The lowest BCUT2D eigenvalue weighted by Crippen LogP contribution is -2.41. The maximum absolute atomic E-state index is 14.1. The van der Waals surface area contributed by atoms with Gasteiger partial charge in [0.05, 0.1) is 12.7 Å². The summed E-state index contributed by atoms with van der Waals surface area (Å²) < 4.78 is 19.9. The minimum atomic E-state index is -0.135. The number of halogens is 1. The summed E-state index contributed by atoms with van der Waals surface area (Å²) in [4.78, 5) is 8.54. The average molecular weight is 358 g/mol. The van der Waals surface area contributed by atoms with Gasteiger partial charge in [-0.1, -0.05) is 39.0 Å². The third-order valence-electron chi connectivity index (χ3n) is 4.82. The molecule has 1 saturated carbocycles. The summed E-state index contributed by atoms with van der Waals surface area (Å²) in [6, 6.07) is 7.02. The molecule has 1 heterocycles. The maximum atomic E-state index is 14.1. The molecule has 1 aliphatic rings. The van der Waals surface area contributed by atoms with Crippen molar-refractivity contribution in [1.82, 2.24) is 15.6 Å². The lowest BCUT2D eigenvalue weighted by Gasteiger charge is -2.19. The van der Waals surface area contributed by atoms with E-state index in [-0.39, 0.29) is 16.6 Å². The molecule has 26 heavy (non-hydrogen) atoms. The molecular formula is C20H27FN4O. The number of aliphatic imine (C=N–C) groups is 1. The first-order valence-corrected chi connectivity index (χ1v) is 8.99. The number of hydrogen-bond acceptors (Lipinski definition) is 3. The highest BCUT2D eigenvalue weighted by molar-refractivity contribution is 5.79. The molecule has 0 aliphatic heterocycles. The molecule has 5 nitrogen and oxygen atoms in total. The average Bonchev–Trinajstić information content (AvgIpc) is 3.22. The molecule has 1 fully saturated rings. The van der Waals surface area contributed by atoms with Gasteiger partial charge in [-0.15, -0.1) is 0 Å². The van der Waals surface area contributed by atoms with E-state index in [1.807, 2.05) is 12.1 Å². The molecule has 0 atom stereocenters. The van der Waals surface area contributed by atoms with Crippen molar-refractivity contribution >= 4 is 5.96 Å². The molecule has 2 aromatic rings. The van der Waals surface area contributed by atoms with Crippen LogP contribution in [0.4, 0.5) is 4.39 Å². The van der Waals surface area contributed by atoms with Crippen molar-refractivity contribution in [3.8, 4) is 0 Å². The maximum Gasteiger partial charge on any atom is 0.213 e. The van der Waals surface area contributed by atoms with Gasteiger partial charge in [-0.25, -0.2) is 9.37 Å². The number of hydrogen-bond donors (Lipinski definition) is 2. The normalized spacial score (nSPS) is 16.4. The van der Waals surface area contributed by atoms with E-state index in [4.69, 9.17) is 4.42 Å². The highest BCUT2D eigenvalue weighted by Crippen LogP contribution is 2.48. The highest BCUT2D eigenvalue weighted by atomic mass is 19.1. The van der Waals surface area contributed by atoms with Crippen LogP contribution in [0.25, 0.3) is 0 Å². The molecule has 0 radical (unpaired) electrons. The summed E-state index contributed by atoms with van der Waals surface area (Å²) in [7, 11) is 1.72. The fraction of sp³-hybridized carbons (Fsp3) is 0.500. The van der Waals surface area contributed by atoms with Crippen molar-refractivity contribution < 1.29 is 8.81 Å². The Bertz CT molecular complexity index is 787. The van der Waals surface area contributed by atoms with E-state index in [1.54, 1.807) is 19.3 Å². The van der Waals surface area contributed by atoms with E-state index in [0.29, 0.717) is 24.9 Å². The second-order valence-corrected chi connectivity index (χ2v) is 7.91. The van der Waals surface area contributed by atoms with E-state index < -0.39 is 0 Å². The molecule has 3 rings (SSSR count). The first-order chi connectivity index (χ1) is 12.3. The van der Waals surface area contributed by atoms with Crippen LogP contribution >= 0.6 is 0 Å². The molecule has 0 unspecified atom stereocenters. The van der Waals surface area contributed by atoms with Crippen LogP contribution in [0.2, 0.25) is 0 Å². The number of aromatic nitrogens is 1. The number of oxazole rings is 1. The van der Waals surface area contributed by atoms with E-state index in [1.165, 1.54) is 6.07 Å². The van der Waals surface area contributed by atoms with Gasteiger partial charge in [-0.05, 0) is 24.5 Å². The van der Waals surface area contributed by atoms with Crippen LogP contribution in [0.1, 0.15) is 50.8 Å². The van der Waals surface area contributed by atoms with Gasteiger partial charge in [0.25, 0.3) is 0 Å². The van der Waals surface area contributed by atoms with E-state index in [2.05, 4.69) is 41.4 Å². The summed E-state index contributed by atoms with van der Waals surface area (Å²) in [5, 5.41) is 6.51. The van der Waals surface area contributed by atoms with Gasteiger partial charge < -0.3 is 15.1 Å². The molecular weight excluding hydrogens is 331 g/mol. The third-order valence-corrected chi connectivity index (χ3v) is 4.82. The Kier molecular flexibility index (Phi) is 5.03. The Hall–Kier alpha value is -2.37. The molecule has 2 N–H and O–H groups in total. The Morgan fingerprint density at radius 2 is 2.00 bits per heavy atom. The Balaban J connectivity index is 1.56. The van der Waals surface area contributed by atoms with E-state index >= 15 is 0 Å². The smallest absolute Gasteiger partial charge is 0.213 e. The second-order valence-electron chi connectivity index (χ2n) is 7.91. The largest absolute Gasteiger partial charge is 0.443 e. The quantitative estimate of drug-likeness (QED) is 0.634. The van der Waals surface area contributed by atoms with Gasteiger partial charge in [0.1, 0.15) is 11.6 Å². The summed E-state index contributed by atoms with van der Waals surface area (Å²) in [5.74, 6) is 1.99. The SMILES string of the molecule is CN=C(NCc1ncc(C(C)(C)C)o1)NCC1(c2ccccc2F)CC1. The van der Waals surface area contributed by atoms with Gasteiger partial charge >= 0.3 is 0 Å². The zero-order chi connectivity index (χ0) is 18.8. The first-order valence-electron chi connectivity index (χ1n) is 8.99. The lowest BCUT2D eigenvalue weighted by molar-refractivity contribution is 0.379. The summed E-state index contributed by atoms with van der Waals surface area (Å²) in [6.45, 7) is 7.35. The molecule has 0 spiro atoms. The van der Waals surface area contributed by atoms with Crippen molar-refractivity contribution in [2.24, 2.45) is 4.99 Å². The standard InChI is InChI=1S/C20H27FN4O/c1-19(2,3)16-11-23-17(26-16)12-24-18(22-4)25-13-20(9-10-20)14-7-5-6-8-15(14)21/h5-8,11H,9-10,12-13H2,1-4H3,(H2,22,24,25). The summed E-state index contributed by atoms with van der Waals surface area (Å²) in [5.41, 5.74) is 0.583. The van der Waals surface area contributed by atoms with Gasteiger partial charge in [0.2, 0.25) is 5.89 Å². The number of nitrogens with one attached hydrogen (secondary N) is 2. The lowest BCUT2D eigenvalue weighted by atomic mass is 9.94. The van der Waals surface area contributed by atoms with Gasteiger partial charge in [0, 0.05) is 24.4 Å². The van der Waals surface area contributed by atoms with Crippen LogP contribution in [0.3, 0.4) is 0 Å². The molecule has 1 aromatic heterocycles.